The summed E-state index contributed by atoms with van der Waals surface area (Å²) in [7, 11) is 0. The Morgan fingerprint density at radius 1 is 1.21 bits per heavy atom. The molecule has 2 aromatic heterocycles. The van der Waals surface area contributed by atoms with Gasteiger partial charge in [-0.15, -0.1) is 0 Å². The van der Waals surface area contributed by atoms with E-state index in [2.05, 4.69) is 58.2 Å². The molecule has 0 saturated carbocycles. The highest BCUT2D eigenvalue weighted by atomic mass is 32.1. The first-order chi connectivity index (χ1) is 9.22. The van der Waals surface area contributed by atoms with Gasteiger partial charge < -0.3 is 10.6 Å². The van der Waals surface area contributed by atoms with Crippen molar-refractivity contribution in [3.8, 4) is 0 Å². The van der Waals surface area contributed by atoms with E-state index in [9.17, 15) is 0 Å². The number of nitrogens with zero attached hydrogens (tertiary/aromatic N) is 2. The van der Waals surface area contributed by atoms with Crippen molar-refractivity contribution >= 4 is 23.0 Å². The zero-order chi connectivity index (χ0) is 13.7. The zero-order valence-corrected chi connectivity index (χ0v) is 12.4. The maximum atomic E-state index is 4.38. The van der Waals surface area contributed by atoms with Crippen molar-refractivity contribution in [2.75, 3.05) is 17.2 Å². The predicted molar refractivity (Wildman–Crippen MR) is 81.9 cm³/mol. The van der Waals surface area contributed by atoms with Crippen LogP contribution in [-0.4, -0.2) is 16.5 Å². The van der Waals surface area contributed by atoms with Crippen LogP contribution in [0.1, 0.15) is 37.8 Å². The summed E-state index contributed by atoms with van der Waals surface area (Å²) in [5.41, 5.74) is 2.43. The lowest BCUT2D eigenvalue weighted by Crippen LogP contribution is -2.11. The lowest BCUT2D eigenvalue weighted by atomic mass is 10.0. The summed E-state index contributed by atoms with van der Waals surface area (Å²) < 4.78 is 0. The normalized spacial score (nSPS) is 10.7. The summed E-state index contributed by atoms with van der Waals surface area (Å²) >= 11 is 1.71. The molecule has 0 aliphatic carbocycles. The number of hydrogen-bond donors (Lipinski definition) is 2. The van der Waals surface area contributed by atoms with Gasteiger partial charge in [-0.05, 0) is 35.2 Å². The average molecular weight is 276 g/mol. The maximum Gasteiger partial charge on any atom is 0.135 e. The zero-order valence-electron chi connectivity index (χ0n) is 11.6. The molecule has 102 valence electrons. The molecule has 5 heteroatoms. The van der Waals surface area contributed by atoms with Crippen molar-refractivity contribution in [2.45, 2.75) is 33.2 Å². The van der Waals surface area contributed by atoms with E-state index in [0.717, 1.165) is 30.3 Å². The molecule has 0 unspecified atom stereocenters. The van der Waals surface area contributed by atoms with Crippen LogP contribution < -0.4 is 10.6 Å². The predicted octanol–water partition coefficient (Wildman–Crippen LogP) is 3.71. The van der Waals surface area contributed by atoms with E-state index >= 15 is 0 Å². The third kappa shape index (κ3) is 3.44. The second-order valence-electron chi connectivity index (χ2n) is 4.65. The van der Waals surface area contributed by atoms with Crippen LogP contribution in [-0.2, 0) is 6.54 Å². The second-order valence-corrected chi connectivity index (χ2v) is 5.43. The van der Waals surface area contributed by atoms with Gasteiger partial charge in [-0.1, -0.05) is 13.8 Å². The molecular weight excluding hydrogens is 256 g/mol. The van der Waals surface area contributed by atoms with Gasteiger partial charge in [0.15, 0.2) is 0 Å². The Balaban J connectivity index is 2.20. The van der Waals surface area contributed by atoms with Crippen LogP contribution >= 0.6 is 11.3 Å². The first-order valence-corrected chi connectivity index (χ1v) is 7.50. The molecule has 2 aromatic rings. The Labute approximate surface area is 118 Å². The summed E-state index contributed by atoms with van der Waals surface area (Å²) in [6.07, 6.45) is 1.61. The molecule has 0 aliphatic heterocycles. The van der Waals surface area contributed by atoms with E-state index in [1.54, 1.807) is 17.7 Å². The topological polar surface area (TPSA) is 49.8 Å². The molecule has 0 radical (unpaired) electrons. The molecule has 0 amide bonds. The standard InChI is InChI=1S/C14H20N4S/c1-4-15-13-12(10(2)3)14(18-9-17-13)16-7-11-5-6-19-8-11/h5-6,8-10H,4,7H2,1-3H3,(H2,15,16,17,18). The van der Waals surface area contributed by atoms with Crippen molar-refractivity contribution in [2.24, 2.45) is 0 Å². The summed E-state index contributed by atoms with van der Waals surface area (Å²) in [5, 5.41) is 10.9. The Hall–Kier alpha value is -1.62. The Morgan fingerprint density at radius 2 is 1.95 bits per heavy atom. The molecular formula is C14H20N4S. The third-order valence-corrected chi connectivity index (χ3v) is 3.58. The fourth-order valence-corrected chi connectivity index (χ4v) is 2.64. The minimum absolute atomic E-state index is 0.375. The Morgan fingerprint density at radius 3 is 2.53 bits per heavy atom. The number of rotatable bonds is 6. The van der Waals surface area contributed by atoms with Gasteiger partial charge in [0, 0.05) is 18.7 Å². The van der Waals surface area contributed by atoms with E-state index in [-0.39, 0.29) is 0 Å². The van der Waals surface area contributed by atoms with Crippen LogP contribution in [0.3, 0.4) is 0 Å². The van der Waals surface area contributed by atoms with Gasteiger partial charge >= 0.3 is 0 Å². The molecule has 0 bridgehead atoms. The van der Waals surface area contributed by atoms with Crippen molar-refractivity contribution < 1.29 is 0 Å². The fourth-order valence-electron chi connectivity index (χ4n) is 1.97. The Bertz CT molecular complexity index is 508. The number of aromatic nitrogens is 2. The highest BCUT2D eigenvalue weighted by molar-refractivity contribution is 7.07. The lowest BCUT2D eigenvalue weighted by Gasteiger charge is -2.17. The van der Waals surface area contributed by atoms with Crippen LogP contribution in [0.15, 0.2) is 23.2 Å². The number of thiophene rings is 1. The van der Waals surface area contributed by atoms with Crippen molar-refractivity contribution in [3.63, 3.8) is 0 Å². The highest BCUT2D eigenvalue weighted by Crippen LogP contribution is 2.28. The molecule has 0 fully saturated rings. The molecule has 2 N–H and O–H groups in total. The van der Waals surface area contributed by atoms with Gasteiger partial charge in [-0.2, -0.15) is 11.3 Å². The minimum Gasteiger partial charge on any atom is -0.370 e. The molecule has 19 heavy (non-hydrogen) atoms. The summed E-state index contributed by atoms with van der Waals surface area (Å²) in [4.78, 5) is 8.72. The second kappa shape index (κ2) is 6.52. The molecule has 2 heterocycles. The smallest absolute Gasteiger partial charge is 0.135 e. The van der Waals surface area contributed by atoms with Gasteiger partial charge in [0.2, 0.25) is 0 Å². The van der Waals surface area contributed by atoms with E-state index in [1.807, 2.05) is 0 Å². The first kappa shape index (κ1) is 13.8. The van der Waals surface area contributed by atoms with Crippen LogP contribution in [0.5, 0.6) is 0 Å². The SMILES string of the molecule is CCNc1ncnc(NCc2ccsc2)c1C(C)C. The van der Waals surface area contributed by atoms with E-state index in [4.69, 9.17) is 0 Å². The van der Waals surface area contributed by atoms with E-state index in [0.29, 0.717) is 5.92 Å². The minimum atomic E-state index is 0.375. The number of anilines is 2. The van der Waals surface area contributed by atoms with Gasteiger partial charge in [0.25, 0.3) is 0 Å². The van der Waals surface area contributed by atoms with Gasteiger partial charge in [0.05, 0.1) is 0 Å². The van der Waals surface area contributed by atoms with Crippen LogP contribution in [0.2, 0.25) is 0 Å². The molecule has 2 rings (SSSR count). The number of hydrogen-bond acceptors (Lipinski definition) is 5. The average Bonchev–Trinajstić information content (AvgIpc) is 2.89. The maximum absolute atomic E-state index is 4.38. The largest absolute Gasteiger partial charge is 0.370 e. The summed E-state index contributed by atoms with van der Waals surface area (Å²) in [6, 6.07) is 2.12. The van der Waals surface area contributed by atoms with Crippen LogP contribution in [0.25, 0.3) is 0 Å². The lowest BCUT2D eigenvalue weighted by molar-refractivity contribution is 0.844. The molecule has 0 aromatic carbocycles. The fraction of sp³-hybridized carbons (Fsp3) is 0.429. The molecule has 0 saturated heterocycles. The van der Waals surface area contributed by atoms with Crippen LogP contribution in [0, 0.1) is 0 Å². The quantitative estimate of drug-likeness (QED) is 0.844. The molecule has 4 nitrogen and oxygen atoms in total. The van der Waals surface area contributed by atoms with Crippen molar-refractivity contribution in [1.82, 2.24) is 9.97 Å². The monoisotopic (exact) mass is 276 g/mol. The number of nitrogens with one attached hydrogen (secondary N) is 2. The highest BCUT2D eigenvalue weighted by Gasteiger charge is 2.14. The van der Waals surface area contributed by atoms with Crippen LogP contribution in [0.4, 0.5) is 11.6 Å². The van der Waals surface area contributed by atoms with E-state index in [1.165, 1.54) is 5.56 Å². The van der Waals surface area contributed by atoms with Gasteiger partial charge in [-0.3, -0.25) is 0 Å². The Kier molecular flexibility index (Phi) is 4.74. The molecule has 0 aliphatic rings. The third-order valence-electron chi connectivity index (χ3n) is 2.85. The van der Waals surface area contributed by atoms with Crippen molar-refractivity contribution in [1.29, 1.82) is 0 Å². The molecule has 0 spiro atoms. The first-order valence-electron chi connectivity index (χ1n) is 6.56. The van der Waals surface area contributed by atoms with Crippen molar-refractivity contribution in [3.05, 3.63) is 34.3 Å². The summed E-state index contributed by atoms with van der Waals surface area (Å²) in [6.45, 7) is 8.06. The van der Waals surface area contributed by atoms with Gasteiger partial charge in [-0.25, -0.2) is 9.97 Å². The summed E-state index contributed by atoms with van der Waals surface area (Å²) in [5.74, 6) is 2.23. The molecule has 0 atom stereocenters. The van der Waals surface area contributed by atoms with E-state index < -0.39 is 0 Å². The van der Waals surface area contributed by atoms with Gasteiger partial charge in [0.1, 0.15) is 18.0 Å².